The van der Waals surface area contributed by atoms with E-state index in [-0.39, 0.29) is 34.7 Å². The summed E-state index contributed by atoms with van der Waals surface area (Å²) in [5.41, 5.74) is 3.42. The summed E-state index contributed by atoms with van der Waals surface area (Å²) >= 11 is 1.27. The van der Waals surface area contributed by atoms with Crippen molar-refractivity contribution in [2.75, 3.05) is 5.75 Å². The Hall–Kier alpha value is -2.42. The number of benzene rings is 1. The Morgan fingerprint density at radius 1 is 1.09 bits per heavy atom. The van der Waals surface area contributed by atoms with Gasteiger partial charge in [0.15, 0.2) is 11.4 Å². The molecule has 2 aromatic heterocycles. The van der Waals surface area contributed by atoms with Crippen molar-refractivity contribution >= 4 is 34.7 Å². The molecule has 7 nitrogen and oxygen atoms in total. The first-order valence-electron chi connectivity index (χ1n) is 16.9. The molecular formula is C36H45N3O4S. The molecule has 3 aromatic rings. The highest BCUT2D eigenvalue weighted by Gasteiger charge is 2.66. The van der Waals surface area contributed by atoms with Gasteiger partial charge in [-0.05, 0) is 105 Å². The van der Waals surface area contributed by atoms with Crippen LogP contribution in [-0.2, 0) is 11.2 Å². The molecule has 4 fully saturated rings. The van der Waals surface area contributed by atoms with Crippen molar-refractivity contribution in [3.05, 3.63) is 47.3 Å². The van der Waals surface area contributed by atoms with Crippen LogP contribution in [0.15, 0.2) is 45.7 Å². The van der Waals surface area contributed by atoms with Crippen LogP contribution in [0.25, 0.3) is 17.2 Å². The molecule has 7 unspecified atom stereocenters. The molecule has 8 rings (SSSR count). The normalized spacial score (nSPS) is 37.0. The van der Waals surface area contributed by atoms with Gasteiger partial charge >= 0.3 is 0 Å². The van der Waals surface area contributed by atoms with Gasteiger partial charge in [-0.2, -0.15) is 5.10 Å². The molecule has 0 aliphatic heterocycles. The smallest absolute Gasteiger partial charge is 0.257 e. The van der Waals surface area contributed by atoms with Crippen molar-refractivity contribution in [1.29, 1.82) is 0 Å². The number of nitrogens with zero attached hydrogens (tertiary/aromatic N) is 3. The van der Waals surface area contributed by atoms with Gasteiger partial charge in [-0.25, -0.2) is 4.98 Å². The molecule has 0 spiro atoms. The third-order valence-electron chi connectivity index (χ3n) is 12.9. The Bertz CT molecular complexity index is 1590. The van der Waals surface area contributed by atoms with Crippen molar-refractivity contribution in [3.63, 3.8) is 0 Å². The number of aromatic nitrogens is 3. The quantitative estimate of drug-likeness (QED) is 0.294. The van der Waals surface area contributed by atoms with E-state index in [2.05, 4.69) is 35.8 Å². The van der Waals surface area contributed by atoms with Gasteiger partial charge in [0.1, 0.15) is 11.1 Å². The van der Waals surface area contributed by atoms with Crippen LogP contribution in [0.2, 0.25) is 0 Å². The number of ketones is 1. The lowest BCUT2D eigenvalue weighted by Crippen LogP contribution is -2.54. The number of thioether (sulfide) groups is 1. The van der Waals surface area contributed by atoms with E-state index in [1.165, 1.54) is 60.7 Å². The second kappa shape index (κ2) is 10.6. The number of aliphatic hydroxyl groups is 2. The molecule has 0 radical (unpaired) electrons. The van der Waals surface area contributed by atoms with Gasteiger partial charge in [0.2, 0.25) is 0 Å². The van der Waals surface area contributed by atoms with Gasteiger partial charge in [0, 0.05) is 5.41 Å². The van der Waals surface area contributed by atoms with Crippen LogP contribution < -0.4 is 0 Å². The molecule has 44 heavy (non-hydrogen) atoms. The molecule has 8 heteroatoms. The van der Waals surface area contributed by atoms with Crippen molar-refractivity contribution in [2.24, 2.45) is 28.6 Å². The fourth-order valence-electron chi connectivity index (χ4n) is 10.6. The topological polar surface area (TPSA) is 101 Å². The highest BCUT2D eigenvalue weighted by molar-refractivity contribution is 7.99. The van der Waals surface area contributed by atoms with E-state index in [1.807, 2.05) is 24.3 Å². The zero-order valence-corrected chi connectivity index (χ0v) is 26.8. The minimum absolute atomic E-state index is 0.104. The third kappa shape index (κ3) is 4.26. The summed E-state index contributed by atoms with van der Waals surface area (Å²) in [6.07, 6.45) is 15.9. The highest BCUT2D eigenvalue weighted by atomic mass is 32.2. The molecule has 0 bridgehead atoms. The molecule has 0 amide bonds. The Kier molecular flexibility index (Phi) is 6.96. The monoisotopic (exact) mass is 615 g/mol. The number of aliphatic hydroxyl groups excluding tert-OH is 1. The maximum absolute atomic E-state index is 13.9. The second-order valence-corrected chi connectivity index (χ2v) is 15.9. The zero-order valence-electron chi connectivity index (χ0n) is 26.0. The number of carbonyl (C=O) groups is 1. The Labute approximate surface area is 263 Å². The number of allylic oxidation sites excluding steroid dienone is 1. The maximum atomic E-state index is 13.9. The van der Waals surface area contributed by atoms with Crippen LogP contribution in [0.4, 0.5) is 0 Å². The van der Waals surface area contributed by atoms with Crippen molar-refractivity contribution in [3.8, 4) is 0 Å². The third-order valence-corrected chi connectivity index (χ3v) is 13.7. The predicted octanol–water partition coefficient (Wildman–Crippen LogP) is 7.17. The standard InChI is InChI=1S/C36H45N3O4S/c1-34-19-22-20-37-39(24-8-4-3-5-9-24)28(22)18-23(34)12-13-25-26-14-17-36(42,35(26,2)16-15-29(40)32(25)34)31(41)21-44-33-38-27-10-6-7-11-30(27)43-33/h6-7,10-11,18,20,24-26,29,32,40,42H,3-5,8-9,12-17,19,21H2,1-2H3. The molecule has 234 valence electrons. The summed E-state index contributed by atoms with van der Waals surface area (Å²) in [4.78, 5) is 18.4. The van der Waals surface area contributed by atoms with Crippen LogP contribution >= 0.6 is 11.8 Å². The summed E-state index contributed by atoms with van der Waals surface area (Å²) in [5, 5.41) is 29.6. The van der Waals surface area contributed by atoms with E-state index in [1.54, 1.807) is 0 Å². The molecule has 4 saturated carbocycles. The van der Waals surface area contributed by atoms with Gasteiger partial charge < -0.3 is 14.6 Å². The van der Waals surface area contributed by atoms with Gasteiger partial charge in [-0.15, -0.1) is 0 Å². The number of fused-ring (bicyclic) bond motifs is 7. The number of oxazole rings is 1. The summed E-state index contributed by atoms with van der Waals surface area (Å²) in [5.74, 6) is 0.550. The number of hydrogen-bond donors (Lipinski definition) is 2. The van der Waals surface area contributed by atoms with Crippen LogP contribution in [0.3, 0.4) is 0 Å². The summed E-state index contributed by atoms with van der Waals surface area (Å²) in [6, 6.07) is 8.10. The van der Waals surface area contributed by atoms with E-state index >= 15 is 0 Å². The Morgan fingerprint density at radius 2 is 1.91 bits per heavy atom. The summed E-state index contributed by atoms with van der Waals surface area (Å²) in [6.45, 7) is 4.52. The van der Waals surface area contributed by atoms with Crippen LogP contribution in [0, 0.1) is 28.6 Å². The molecular weight excluding hydrogens is 570 g/mol. The molecule has 2 heterocycles. The average molecular weight is 616 g/mol. The van der Waals surface area contributed by atoms with E-state index in [4.69, 9.17) is 9.52 Å². The largest absolute Gasteiger partial charge is 0.431 e. The van der Waals surface area contributed by atoms with Crippen molar-refractivity contribution in [2.45, 2.75) is 114 Å². The second-order valence-electron chi connectivity index (χ2n) is 15.0. The Morgan fingerprint density at radius 3 is 2.73 bits per heavy atom. The zero-order chi connectivity index (χ0) is 30.3. The highest BCUT2D eigenvalue weighted by Crippen LogP contribution is 2.66. The van der Waals surface area contributed by atoms with Gasteiger partial charge in [0.25, 0.3) is 5.22 Å². The van der Waals surface area contributed by atoms with Crippen molar-refractivity contribution in [1.82, 2.24) is 14.8 Å². The van der Waals surface area contributed by atoms with E-state index < -0.39 is 17.1 Å². The molecule has 1 aromatic carbocycles. The number of para-hydroxylation sites is 2. The first-order chi connectivity index (χ1) is 21.2. The number of rotatable bonds is 5. The first kappa shape index (κ1) is 29.0. The minimum Gasteiger partial charge on any atom is -0.431 e. The number of hydrogen-bond acceptors (Lipinski definition) is 7. The molecule has 5 aliphatic carbocycles. The number of carbonyl (C=O) groups excluding carboxylic acids is 1. The molecule has 7 atom stereocenters. The van der Waals surface area contributed by atoms with Crippen LogP contribution in [0.5, 0.6) is 0 Å². The summed E-state index contributed by atoms with van der Waals surface area (Å²) < 4.78 is 8.16. The summed E-state index contributed by atoms with van der Waals surface area (Å²) in [7, 11) is 0. The molecule has 0 saturated heterocycles. The van der Waals surface area contributed by atoms with E-state index in [0.717, 1.165) is 31.2 Å². The fraction of sp³-hybridized carbons (Fsp3) is 0.639. The van der Waals surface area contributed by atoms with Crippen LogP contribution in [-0.4, -0.2) is 48.2 Å². The van der Waals surface area contributed by atoms with E-state index in [0.29, 0.717) is 36.1 Å². The van der Waals surface area contributed by atoms with Gasteiger partial charge in [-0.3, -0.25) is 9.48 Å². The average Bonchev–Trinajstić information content (AvgIpc) is 3.69. The lowest BCUT2D eigenvalue weighted by Gasteiger charge is -2.53. The maximum Gasteiger partial charge on any atom is 0.257 e. The van der Waals surface area contributed by atoms with Crippen LogP contribution in [0.1, 0.15) is 102 Å². The lowest BCUT2D eigenvalue weighted by atomic mass is 9.51. The fourth-order valence-corrected chi connectivity index (χ4v) is 11.4. The SMILES string of the molecule is CC12Cc3cnn(C4CCCCC4)c3C=C1CCC1C2C(O)CCC2(C)C1CCC2(O)C(=O)CSc1nc2ccccc2o1. The molecule has 2 N–H and O–H groups in total. The van der Waals surface area contributed by atoms with Gasteiger partial charge in [0.05, 0.1) is 29.8 Å². The Balaban J connectivity index is 1.05. The minimum atomic E-state index is -1.41. The van der Waals surface area contributed by atoms with Crippen molar-refractivity contribution < 1.29 is 19.4 Å². The molecule has 5 aliphatic rings. The predicted molar refractivity (Wildman–Crippen MR) is 171 cm³/mol. The van der Waals surface area contributed by atoms with E-state index in [9.17, 15) is 15.0 Å². The lowest BCUT2D eigenvalue weighted by molar-refractivity contribution is -0.150. The first-order valence-corrected chi connectivity index (χ1v) is 17.9. The van der Waals surface area contributed by atoms with Gasteiger partial charge in [-0.1, -0.05) is 62.6 Å². The number of Topliss-reactive ketones (excluding diaryl/α,β-unsaturated/α-hetero) is 1.